The summed E-state index contributed by atoms with van der Waals surface area (Å²) in [6.45, 7) is 0. The van der Waals surface area contributed by atoms with Crippen molar-refractivity contribution in [3.05, 3.63) is 90.0 Å². The zero-order valence-electron chi connectivity index (χ0n) is 14.7. The maximum absolute atomic E-state index is 12.8. The van der Waals surface area contributed by atoms with Gasteiger partial charge < -0.3 is 10.1 Å². The van der Waals surface area contributed by atoms with Gasteiger partial charge in [0, 0.05) is 5.56 Å². The summed E-state index contributed by atoms with van der Waals surface area (Å²) < 4.78 is 6.96. The molecule has 0 radical (unpaired) electrons. The molecule has 4 rings (SSSR count). The standard InChI is InChI=1S/C21H18N4O2/c1-27-17-13-11-15(12-14-17)20(22-21(26)16-7-3-2-4-8-16)25-19-10-6-5-9-18(19)23-24-25/h2-14,20H,1H3,(H,22,26). The topological polar surface area (TPSA) is 69.0 Å². The molecule has 1 unspecified atom stereocenters. The van der Waals surface area contributed by atoms with Crippen molar-refractivity contribution >= 4 is 16.9 Å². The second kappa shape index (κ2) is 7.29. The number of hydrogen-bond donors (Lipinski definition) is 1. The summed E-state index contributed by atoms with van der Waals surface area (Å²) in [5.74, 6) is 0.561. The van der Waals surface area contributed by atoms with Crippen LogP contribution >= 0.6 is 0 Å². The number of carbonyl (C=O) groups excluding carboxylic acids is 1. The summed E-state index contributed by atoms with van der Waals surface area (Å²) in [5, 5.41) is 11.6. The molecule has 0 saturated carbocycles. The first-order chi connectivity index (χ1) is 13.3. The van der Waals surface area contributed by atoms with Gasteiger partial charge in [0.15, 0.2) is 6.17 Å². The molecule has 1 heterocycles. The molecule has 1 amide bonds. The van der Waals surface area contributed by atoms with E-state index in [1.807, 2.05) is 66.7 Å². The smallest absolute Gasteiger partial charge is 0.253 e. The van der Waals surface area contributed by atoms with Crippen LogP contribution in [0.2, 0.25) is 0 Å². The Balaban J connectivity index is 1.76. The molecule has 0 fully saturated rings. The highest BCUT2D eigenvalue weighted by Crippen LogP contribution is 2.23. The van der Waals surface area contributed by atoms with E-state index in [4.69, 9.17) is 4.74 Å². The average molecular weight is 358 g/mol. The fourth-order valence-electron chi connectivity index (χ4n) is 2.95. The number of rotatable bonds is 5. The number of ether oxygens (including phenoxy) is 1. The number of para-hydroxylation sites is 1. The van der Waals surface area contributed by atoms with Gasteiger partial charge in [-0.1, -0.05) is 47.7 Å². The molecule has 27 heavy (non-hydrogen) atoms. The van der Waals surface area contributed by atoms with Crippen molar-refractivity contribution in [3.8, 4) is 5.75 Å². The Morgan fingerprint density at radius 1 is 0.963 bits per heavy atom. The lowest BCUT2D eigenvalue weighted by Gasteiger charge is -2.20. The van der Waals surface area contributed by atoms with Gasteiger partial charge >= 0.3 is 0 Å². The minimum Gasteiger partial charge on any atom is -0.497 e. The van der Waals surface area contributed by atoms with E-state index in [0.29, 0.717) is 5.56 Å². The summed E-state index contributed by atoms with van der Waals surface area (Å²) in [4.78, 5) is 12.8. The van der Waals surface area contributed by atoms with E-state index in [0.717, 1.165) is 22.3 Å². The third-order valence-corrected chi connectivity index (χ3v) is 4.36. The minimum atomic E-state index is -0.504. The molecule has 1 atom stereocenters. The predicted octanol–water partition coefficient (Wildman–Crippen LogP) is 3.42. The largest absolute Gasteiger partial charge is 0.497 e. The van der Waals surface area contributed by atoms with Crippen molar-refractivity contribution in [1.29, 1.82) is 0 Å². The molecular weight excluding hydrogens is 340 g/mol. The number of fused-ring (bicyclic) bond motifs is 1. The molecule has 0 spiro atoms. The highest BCUT2D eigenvalue weighted by molar-refractivity contribution is 5.94. The van der Waals surface area contributed by atoms with Crippen molar-refractivity contribution in [1.82, 2.24) is 20.3 Å². The Morgan fingerprint density at radius 3 is 2.41 bits per heavy atom. The zero-order valence-corrected chi connectivity index (χ0v) is 14.7. The summed E-state index contributed by atoms with van der Waals surface area (Å²) >= 11 is 0. The highest BCUT2D eigenvalue weighted by atomic mass is 16.5. The van der Waals surface area contributed by atoms with Gasteiger partial charge in [0.1, 0.15) is 11.3 Å². The van der Waals surface area contributed by atoms with Crippen molar-refractivity contribution in [3.63, 3.8) is 0 Å². The monoisotopic (exact) mass is 358 g/mol. The number of hydrogen-bond acceptors (Lipinski definition) is 4. The fraction of sp³-hybridized carbons (Fsp3) is 0.0952. The van der Waals surface area contributed by atoms with E-state index >= 15 is 0 Å². The molecule has 6 nitrogen and oxygen atoms in total. The molecule has 1 aromatic heterocycles. The molecular formula is C21H18N4O2. The summed E-state index contributed by atoms with van der Waals surface area (Å²) in [6, 6.07) is 24.3. The van der Waals surface area contributed by atoms with Crippen LogP contribution in [0.4, 0.5) is 0 Å². The summed E-state index contributed by atoms with van der Waals surface area (Å²) in [7, 11) is 1.62. The lowest BCUT2D eigenvalue weighted by atomic mass is 10.1. The Bertz CT molecular complexity index is 1060. The summed E-state index contributed by atoms with van der Waals surface area (Å²) in [5.41, 5.74) is 3.06. The van der Waals surface area contributed by atoms with Crippen molar-refractivity contribution in [2.45, 2.75) is 6.17 Å². The van der Waals surface area contributed by atoms with Gasteiger partial charge in [0.2, 0.25) is 0 Å². The number of amides is 1. The second-order valence-corrected chi connectivity index (χ2v) is 6.04. The molecule has 0 bridgehead atoms. The van der Waals surface area contributed by atoms with Crippen LogP contribution in [-0.4, -0.2) is 28.0 Å². The van der Waals surface area contributed by atoms with Crippen LogP contribution in [0, 0.1) is 0 Å². The van der Waals surface area contributed by atoms with Crippen LogP contribution in [-0.2, 0) is 0 Å². The fourth-order valence-corrected chi connectivity index (χ4v) is 2.95. The van der Waals surface area contributed by atoms with Gasteiger partial charge in [0.05, 0.1) is 12.6 Å². The van der Waals surface area contributed by atoms with Crippen molar-refractivity contribution < 1.29 is 9.53 Å². The zero-order chi connectivity index (χ0) is 18.6. The second-order valence-electron chi connectivity index (χ2n) is 6.04. The predicted molar refractivity (Wildman–Crippen MR) is 103 cm³/mol. The number of nitrogens with zero attached hydrogens (tertiary/aromatic N) is 3. The summed E-state index contributed by atoms with van der Waals surface area (Å²) in [6.07, 6.45) is -0.504. The van der Waals surface area contributed by atoms with Crippen LogP contribution < -0.4 is 10.1 Å². The molecule has 134 valence electrons. The van der Waals surface area contributed by atoms with Gasteiger partial charge in [-0.15, -0.1) is 5.10 Å². The van der Waals surface area contributed by atoms with E-state index in [2.05, 4.69) is 15.6 Å². The lowest BCUT2D eigenvalue weighted by Crippen LogP contribution is -2.33. The van der Waals surface area contributed by atoms with Gasteiger partial charge in [-0.3, -0.25) is 4.79 Å². The Labute approximate surface area is 156 Å². The Morgan fingerprint density at radius 2 is 1.67 bits per heavy atom. The number of benzene rings is 3. The van der Waals surface area contributed by atoms with E-state index < -0.39 is 6.17 Å². The Kier molecular flexibility index (Phi) is 4.53. The highest BCUT2D eigenvalue weighted by Gasteiger charge is 2.21. The van der Waals surface area contributed by atoms with Gasteiger partial charge in [-0.2, -0.15) is 0 Å². The van der Waals surface area contributed by atoms with Crippen LogP contribution in [0.25, 0.3) is 11.0 Å². The first kappa shape index (κ1) is 16.8. The molecule has 0 saturated heterocycles. The van der Waals surface area contributed by atoms with Crippen molar-refractivity contribution in [2.75, 3.05) is 7.11 Å². The van der Waals surface area contributed by atoms with E-state index in [-0.39, 0.29) is 5.91 Å². The number of carbonyl (C=O) groups is 1. The number of methoxy groups -OCH3 is 1. The average Bonchev–Trinajstić information content (AvgIpc) is 3.16. The quantitative estimate of drug-likeness (QED) is 0.593. The van der Waals surface area contributed by atoms with Gasteiger partial charge in [-0.05, 0) is 42.0 Å². The van der Waals surface area contributed by atoms with Crippen LogP contribution in [0.1, 0.15) is 22.1 Å². The van der Waals surface area contributed by atoms with Crippen molar-refractivity contribution in [2.24, 2.45) is 0 Å². The molecule has 0 aliphatic heterocycles. The lowest BCUT2D eigenvalue weighted by molar-refractivity contribution is 0.0927. The van der Waals surface area contributed by atoms with E-state index in [1.54, 1.807) is 23.9 Å². The first-order valence-electron chi connectivity index (χ1n) is 8.56. The molecule has 3 aromatic carbocycles. The SMILES string of the molecule is COc1ccc(C(NC(=O)c2ccccc2)n2nnc3ccccc32)cc1. The van der Waals surface area contributed by atoms with E-state index in [9.17, 15) is 4.79 Å². The maximum atomic E-state index is 12.8. The number of aromatic nitrogens is 3. The molecule has 6 heteroatoms. The van der Waals surface area contributed by atoms with Gasteiger partial charge in [-0.25, -0.2) is 4.68 Å². The molecule has 0 aliphatic carbocycles. The molecule has 1 N–H and O–H groups in total. The molecule has 4 aromatic rings. The third kappa shape index (κ3) is 3.37. The van der Waals surface area contributed by atoms with E-state index in [1.165, 1.54) is 0 Å². The minimum absolute atomic E-state index is 0.184. The van der Waals surface area contributed by atoms with Gasteiger partial charge in [0.25, 0.3) is 5.91 Å². The third-order valence-electron chi connectivity index (χ3n) is 4.36. The van der Waals surface area contributed by atoms with Crippen LogP contribution in [0.3, 0.4) is 0 Å². The maximum Gasteiger partial charge on any atom is 0.253 e. The first-order valence-corrected chi connectivity index (χ1v) is 8.56. The van der Waals surface area contributed by atoms with Crippen LogP contribution in [0.5, 0.6) is 5.75 Å². The normalized spacial score (nSPS) is 11.9. The molecule has 0 aliphatic rings. The van der Waals surface area contributed by atoms with Crippen LogP contribution in [0.15, 0.2) is 78.9 Å². The number of nitrogens with one attached hydrogen (secondary N) is 1. The Hall–Kier alpha value is -3.67.